The van der Waals surface area contributed by atoms with E-state index >= 15 is 0 Å². The third-order valence-electron chi connectivity index (χ3n) is 4.69. The number of hydrogen-bond donors (Lipinski definition) is 1. The first-order valence-corrected chi connectivity index (χ1v) is 9.27. The average molecular weight is 408 g/mol. The zero-order valence-corrected chi connectivity index (χ0v) is 16.6. The lowest BCUT2D eigenvalue weighted by Gasteiger charge is -2.15. The third-order valence-corrected chi connectivity index (χ3v) is 4.69. The maximum absolute atomic E-state index is 13.1. The predicted octanol–water partition coefficient (Wildman–Crippen LogP) is 2.25. The molecule has 0 fully saturated rings. The van der Waals surface area contributed by atoms with E-state index in [4.69, 9.17) is 4.74 Å². The topological polar surface area (TPSA) is 34.1 Å². The summed E-state index contributed by atoms with van der Waals surface area (Å²) in [7, 11) is 0. The Kier molecular flexibility index (Phi) is 7.17. The fourth-order valence-corrected chi connectivity index (χ4v) is 3.21. The Bertz CT molecular complexity index is 1060. The van der Waals surface area contributed by atoms with Crippen molar-refractivity contribution in [1.82, 2.24) is 10.3 Å². The van der Waals surface area contributed by atoms with Crippen molar-refractivity contribution in [3.63, 3.8) is 0 Å². The van der Waals surface area contributed by atoms with Gasteiger partial charge in [-0.05, 0) is 52.2 Å². The molecule has 29 heavy (non-hydrogen) atoms. The van der Waals surface area contributed by atoms with Crippen LogP contribution in [0.4, 0.5) is 4.39 Å². The van der Waals surface area contributed by atoms with Gasteiger partial charge < -0.3 is 22.5 Å². The van der Waals surface area contributed by atoms with Crippen LogP contribution in [0, 0.1) is 5.82 Å². The maximum atomic E-state index is 13.1. The summed E-state index contributed by atoms with van der Waals surface area (Å²) in [6, 6.07) is 22.8. The molecular weight excluding hydrogens is 387 g/mol. The Hall–Kier alpha value is -2.95. The van der Waals surface area contributed by atoms with Gasteiger partial charge >= 0.3 is 0 Å². The lowest BCUT2D eigenvalue weighted by atomic mass is 10.0. The van der Waals surface area contributed by atoms with E-state index < -0.39 is 0 Å². The molecule has 3 aromatic carbocycles. The fraction of sp³-hybridized carbons (Fsp3) is 0.125. The van der Waals surface area contributed by atoms with Crippen molar-refractivity contribution >= 4 is 10.8 Å². The molecule has 0 aliphatic heterocycles. The summed E-state index contributed by atoms with van der Waals surface area (Å²) in [5.41, 5.74) is 3.24. The van der Waals surface area contributed by atoms with Crippen LogP contribution in [0.3, 0.4) is 0 Å². The molecule has 0 radical (unpaired) electrons. The number of halogens is 2. The number of nitrogens with zero attached hydrogens (tertiary/aromatic N) is 1. The molecule has 0 amide bonds. The van der Waals surface area contributed by atoms with E-state index in [1.807, 2.05) is 30.3 Å². The van der Waals surface area contributed by atoms with Crippen LogP contribution in [0.15, 0.2) is 85.2 Å². The van der Waals surface area contributed by atoms with Gasteiger partial charge in [0.2, 0.25) is 0 Å². The van der Waals surface area contributed by atoms with Gasteiger partial charge in [0, 0.05) is 31.0 Å². The first-order valence-electron chi connectivity index (χ1n) is 9.27. The Balaban J connectivity index is 0.00000240. The monoisotopic (exact) mass is 407 g/mol. The number of pyridine rings is 1. The number of ether oxygens (including phenoxy) is 1. The summed E-state index contributed by atoms with van der Waals surface area (Å²) in [5.74, 6) is 0.598. The SMILES string of the molecule is Fc1ccc(COc2ccc3ccccc3c2CNCc2ccncc2)cc1.[Cl-]. The smallest absolute Gasteiger partial charge is 0.124 e. The van der Waals surface area contributed by atoms with E-state index in [0.29, 0.717) is 13.2 Å². The molecule has 1 aromatic heterocycles. The second-order valence-electron chi connectivity index (χ2n) is 6.64. The van der Waals surface area contributed by atoms with Crippen LogP contribution in [-0.4, -0.2) is 4.98 Å². The van der Waals surface area contributed by atoms with E-state index in [1.54, 1.807) is 24.5 Å². The van der Waals surface area contributed by atoms with Gasteiger partial charge in [-0.25, -0.2) is 4.39 Å². The Morgan fingerprint density at radius 3 is 2.34 bits per heavy atom. The molecule has 5 heteroatoms. The quantitative estimate of drug-likeness (QED) is 0.510. The second kappa shape index (κ2) is 10.0. The summed E-state index contributed by atoms with van der Waals surface area (Å²) < 4.78 is 19.2. The number of rotatable bonds is 7. The molecule has 148 valence electrons. The van der Waals surface area contributed by atoms with E-state index in [-0.39, 0.29) is 18.2 Å². The molecule has 1 heterocycles. The third kappa shape index (κ3) is 5.31. The molecule has 0 saturated carbocycles. The first kappa shape index (κ1) is 20.8. The summed E-state index contributed by atoms with van der Waals surface area (Å²) in [5, 5.41) is 5.84. The van der Waals surface area contributed by atoms with E-state index in [0.717, 1.165) is 23.4 Å². The van der Waals surface area contributed by atoms with Gasteiger partial charge in [0.15, 0.2) is 0 Å². The Morgan fingerprint density at radius 2 is 1.55 bits per heavy atom. The molecule has 0 unspecified atom stereocenters. The van der Waals surface area contributed by atoms with Crippen molar-refractivity contribution in [1.29, 1.82) is 0 Å². The van der Waals surface area contributed by atoms with Gasteiger partial charge in [0.05, 0.1) is 0 Å². The van der Waals surface area contributed by atoms with Gasteiger partial charge in [-0.1, -0.05) is 42.5 Å². The number of hydrogen-bond acceptors (Lipinski definition) is 3. The van der Waals surface area contributed by atoms with Crippen molar-refractivity contribution in [3.05, 3.63) is 108 Å². The minimum absolute atomic E-state index is 0. The van der Waals surface area contributed by atoms with Gasteiger partial charge in [0.25, 0.3) is 0 Å². The molecule has 0 aliphatic rings. The van der Waals surface area contributed by atoms with Crippen molar-refractivity contribution in [3.8, 4) is 5.75 Å². The number of nitrogens with one attached hydrogen (secondary N) is 1. The highest BCUT2D eigenvalue weighted by Gasteiger charge is 2.09. The molecule has 0 bridgehead atoms. The predicted molar refractivity (Wildman–Crippen MR) is 109 cm³/mol. The fourth-order valence-electron chi connectivity index (χ4n) is 3.21. The lowest BCUT2D eigenvalue weighted by Crippen LogP contribution is -3.00. The zero-order chi connectivity index (χ0) is 19.2. The van der Waals surface area contributed by atoms with Crippen molar-refractivity contribution in [2.45, 2.75) is 19.7 Å². The van der Waals surface area contributed by atoms with Crippen LogP contribution < -0.4 is 22.5 Å². The molecular formula is C24H21ClFN2O-. The van der Waals surface area contributed by atoms with Crippen LogP contribution in [0.5, 0.6) is 5.75 Å². The van der Waals surface area contributed by atoms with Crippen LogP contribution in [0.25, 0.3) is 10.8 Å². The minimum atomic E-state index is -0.240. The van der Waals surface area contributed by atoms with Crippen molar-refractivity contribution in [2.75, 3.05) is 0 Å². The van der Waals surface area contributed by atoms with Gasteiger partial charge in [-0.15, -0.1) is 0 Å². The number of fused-ring (bicyclic) bond motifs is 1. The number of aromatic nitrogens is 1. The molecule has 4 rings (SSSR count). The molecule has 0 spiro atoms. The molecule has 0 atom stereocenters. The number of benzene rings is 3. The van der Waals surface area contributed by atoms with Crippen LogP contribution in [0.1, 0.15) is 16.7 Å². The second-order valence-corrected chi connectivity index (χ2v) is 6.64. The highest BCUT2D eigenvalue weighted by molar-refractivity contribution is 5.87. The van der Waals surface area contributed by atoms with Crippen LogP contribution in [0.2, 0.25) is 0 Å². The molecule has 1 N–H and O–H groups in total. The molecule has 4 aromatic rings. The largest absolute Gasteiger partial charge is 1.00 e. The van der Waals surface area contributed by atoms with Crippen LogP contribution in [-0.2, 0) is 19.7 Å². The molecule has 3 nitrogen and oxygen atoms in total. The van der Waals surface area contributed by atoms with Crippen molar-refractivity contribution < 1.29 is 21.5 Å². The highest BCUT2D eigenvalue weighted by atomic mass is 35.5. The minimum Gasteiger partial charge on any atom is -1.00 e. The van der Waals surface area contributed by atoms with Crippen LogP contribution >= 0.6 is 0 Å². The zero-order valence-electron chi connectivity index (χ0n) is 15.8. The summed E-state index contributed by atoms with van der Waals surface area (Å²) >= 11 is 0. The molecule has 0 aliphatic carbocycles. The summed E-state index contributed by atoms with van der Waals surface area (Å²) in [4.78, 5) is 4.05. The van der Waals surface area contributed by atoms with E-state index in [2.05, 4.69) is 28.5 Å². The van der Waals surface area contributed by atoms with Crippen molar-refractivity contribution in [2.24, 2.45) is 0 Å². The summed E-state index contributed by atoms with van der Waals surface area (Å²) in [6.07, 6.45) is 3.60. The standard InChI is InChI=1S/C24H21FN2O.ClH/c25-21-8-5-19(6-9-21)17-28-24-10-7-20-3-1-2-4-22(20)23(24)16-27-15-18-11-13-26-14-12-18;/h1-14,27H,15-17H2;1H/p-1. The lowest BCUT2D eigenvalue weighted by molar-refractivity contribution is -0.00000656. The van der Waals surface area contributed by atoms with Gasteiger partial charge in [0.1, 0.15) is 18.2 Å². The van der Waals surface area contributed by atoms with E-state index in [9.17, 15) is 4.39 Å². The summed E-state index contributed by atoms with van der Waals surface area (Å²) in [6.45, 7) is 1.83. The Morgan fingerprint density at radius 1 is 0.793 bits per heavy atom. The highest BCUT2D eigenvalue weighted by Crippen LogP contribution is 2.29. The first-order chi connectivity index (χ1) is 13.8. The van der Waals surface area contributed by atoms with E-state index in [1.165, 1.54) is 28.5 Å². The van der Waals surface area contributed by atoms with Gasteiger partial charge in [-0.2, -0.15) is 0 Å². The normalized spacial score (nSPS) is 10.5. The molecule has 0 saturated heterocycles. The Labute approximate surface area is 176 Å². The van der Waals surface area contributed by atoms with Gasteiger partial charge in [-0.3, -0.25) is 4.98 Å². The maximum Gasteiger partial charge on any atom is 0.124 e. The average Bonchev–Trinajstić information content (AvgIpc) is 2.75.